The molecule has 2 aromatic rings. The number of benzene rings is 2. The summed E-state index contributed by atoms with van der Waals surface area (Å²) in [6.07, 6.45) is 0. The fraction of sp³-hybridized carbons (Fsp3) is 0.125. The second kappa shape index (κ2) is 7.59. The molecule has 0 radical (unpaired) electrons. The van der Waals surface area contributed by atoms with Crippen LogP contribution in [-0.4, -0.2) is 17.6 Å². The fourth-order valence-corrected chi connectivity index (χ4v) is 2.19. The van der Waals surface area contributed by atoms with Crippen LogP contribution in [0.25, 0.3) is 0 Å². The Labute approximate surface area is 136 Å². The Hall–Kier alpha value is -2.36. The van der Waals surface area contributed by atoms with Crippen LogP contribution in [0.5, 0.6) is 5.75 Å². The standard InChI is InChI=1S/C16H13BrN2O3/c17-13-3-6-15(12(7-13)9-20)22-10-16(21)19-14-4-1-11(8-18)2-5-14/h1-7,20H,9-10H2,(H,19,21). The Kier molecular flexibility index (Phi) is 5.53. The molecule has 5 nitrogen and oxygen atoms in total. The van der Waals surface area contributed by atoms with Crippen molar-refractivity contribution in [3.05, 3.63) is 58.1 Å². The Morgan fingerprint density at radius 3 is 2.64 bits per heavy atom. The molecule has 2 rings (SSSR count). The van der Waals surface area contributed by atoms with E-state index >= 15 is 0 Å². The van der Waals surface area contributed by atoms with Gasteiger partial charge >= 0.3 is 0 Å². The molecule has 2 N–H and O–H groups in total. The van der Waals surface area contributed by atoms with Crippen molar-refractivity contribution in [1.29, 1.82) is 5.26 Å². The van der Waals surface area contributed by atoms with Gasteiger partial charge in [0.05, 0.1) is 18.2 Å². The van der Waals surface area contributed by atoms with E-state index in [9.17, 15) is 9.90 Å². The Balaban J connectivity index is 1.94. The predicted octanol–water partition coefficient (Wildman–Crippen LogP) is 2.83. The van der Waals surface area contributed by atoms with E-state index in [1.54, 1.807) is 42.5 Å². The van der Waals surface area contributed by atoms with Crippen LogP contribution in [-0.2, 0) is 11.4 Å². The van der Waals surface area contributed by atoms with Gasteiger partial charge in [-0.15, -0.1) is 0 Å². The summed E-state index contributed by atoms with van der Waals surface area (Å²) in [4.78, 5) is 11.8. The number of nitrogens with one attached hydrogen (secondary N) is 1. The van der Waals surface area contributed by atoms with Crippen LogP contribution in [0.15, 0.2) is 46.9 Å². The van der Waals surface area contributed by atoms with Crippen molar-refractivity contribution < 1.29 is 14.6 Å². The Bertz CT molecular complexity index is 708. The van der Waals surface area contributed by atoms with E-state index in [0.717, 1.165) is 4.47 Å². The highest BCUT2D eigenvalue weighted by Gasteiger charge is 2.07. The average Bonchev–Trinajstić information content (AvgIpc) is 2.54. The van der Waals surface area contributed by atoms with Gasteiger partial charge < -0.3 is 15.2 Å². The number of halogens is 1. The molecule has 0 aliphatic rings. The minimum Gasteiger partial charge on any atom is -0.483 e. The van der Waals surface area contributed by atoms with Crippen LogP contribution >= 0.6 is 15.9 Å². The second-order valence-electron chi connectivity index (χ2n) is 4.44. The summed E-state index contributed by atoms with van der Waals surface area (Å²) in [6.45, 7) is -0.347. The number of aliphatic hydroxyl groups is 1. The zero-order chi connectivity index (χ0) is 15.9. The van der Waals surface area contributed by atoms with Gasteiger partial charge in [0, 0.05) is 15.7 Å². The minimum absolute atomic E-state index is 0.172. The third-order valence-electron chi connectivity index (χ3n) is 2.85. The maximum Gasteiger partial charge on any atom is 0.262 e. The number of ether oxygens (including phenoxy) is 1. The first kappa shape index (κ1) is 16.0. The summed E-state index contributed by atoms with van der Waals surface area (Å²) >= 11 is 3.30. The highest BCUT2D eigenvalue weighted by atomic mass is 79.9. The zero-order valence-electron chi connectivity index (χ0n) is 11.5. The van der Waals surface area contributed by atoms with Crippen LogP contribution in [0.4, 0.5) is 5.69 Å². The van der Waals surface area contributed by atoms with Gasteiger partial charge in [-0.05, 0) is 42.5 Å². The number of hydrogen-bond donors (Lipinski definition) is 2. The first-order valence-electron chi connectivity index (χ1n) is 6.44. The lowest BCUT2D eigenvalue weighted by Crippen LogP contribution is -2.20. The van der Waals surface area contributed by atoms with E-state index in [2.05, 4.69) is 21.2 Å². The van der Waals surface area contributed by atoms with Gasteiger partial charge in [0.15, 0.2) is 6.61 Å². The summed E-state index contributed by atoms with van der Waals surface area (Å²) < 4.78 is 6.24. The number of nitrogens with zero attached hydrogens (tertiary/aromatic N) is 1. The minimum atomic E-state index is -0.323. The molecule has 0 heterocycles. The third kappa shape index (κ3) is 4.32. The van der Waals surface area contributed by atoms with Gasteiger partial charge in [-0.1, -0.05) is 15.9 Å². The van der Waals surface area contributed by atoms with Crippen LogP contribution in [0, 0.1) is 11.3 Å². The smallest absolute Gasteiger partial charge is 0.262 e. The average molecular weight is 361 g/mol. The molecule has 0 atom stereocenters. The Morgan fingerprint density at radius 1 is 1.27 bits per heavy atom. The van der Waals surface area contributed by atoms with E-state index < -0.39 is 0 Å². The first-order chi connectivity index (χ1) is 10.6. The molecule has 112 valence electrons. The van der Waals surface area contributed by atoms with Crippen LogP contribution in [0.1, 0.15) is 11.1 Å². The Morgan fingerprint density at radius 2 is 2.00 bits per heavy atom. The molecule has 0 unspecified atom stereocenters. The topological polar surface area (TPSA) is 82.4 Å². The highest BCUT2D eigenvalue weighted by molar-refractivity contribution is 9.10. The van der Waals surface area contributed by atoms with Gasteiger partial charge in [-0.3, -0.25) is 4.79 Å². The van der Waals surface area contributed by atoms with Crippen molar-refractivity contribution in [2.24, 2.45) is 0 Å². The molecule has 0 aromatic heterocycles. The second-order valence-corrected chi connectivity index (χ2v) is 5.35. The summed E-state index contributed by atoms with van der Waals surface area (Å²) in [6, 6.07) is 13.7. The van der Waals surface area contributed by atoms with E-state index in [1.807, 2.05) is 6.07 Å². The quantitative estimate of drug-likeness (QED) is 0.858. The van der Waals surface area contributed by atoms with Gasteiger partial charge in [0.2, 0.25) is 0 Å². The predicted molar refractivity (Wildman–Crippen MR) is 85.3 cm³/mol. The molecule has 1 amide bonds. The van der Waals surface area contributed by atoms with Gasteiger partial charge in [-0.25, -0.2) is 0 Å². The van der Waals surface area contributed by atoms with Crippen molar-refractivity contribution >= 4 is 27.5 Å². The number of amides is 1. The number of rotatable bonds is 5. The van der Waals surface area contributed by atoms with Crippen molar-refractivity contribution in [3.63, 3.8) is 0 Å². The van der Waals surface area contributed by atoms with Crippen molar-refractivity contribution in [3.8, 4) is 11.8 Å². The molecule has 0 aliphatic carbocycles. The van der Waals surface area contributed by atoms with E-state index in [4.69, 9.17) is 10.00 Å². The third-order valence-corrected chi connectivity index (χ3v) is 3.34. The van der Waals surface area contributed by atoms with Crippen LogP contribution in [0.3, 0.4) is 0 Å². The monoisotopic (exact) mass is 360 g/mol. The summed E-state index contributed by atoms with van der Waals surface area (Å²) in [5, 5.41) is 20.6. The lowest BCUT2D eigenvalue weighted by molar-refractivity contribution is -0.118. The summed E-state index contributed by atoms with van der Waals surface area (Å²) in [7, 11) is 0. The molecule has 0 spiro atoms. The normalized spacial score (nSPS) is 9.86. The summed E-state index contributed by atoms with van der Waals surface area (Å²) in [5.74, 6) is 0.136. The van der Waals surface area contributed by atoms with Crippen LogP contribution < -0.4 is 10.1 Å². The first-order valence-corrected chi connectivity index (χ1v) is 7.24. The van der Waals surface area contributed by atoms with E-state index in [-0.39, 0.29) is 19.1 Å². The number of hydrogen-bond acceptors (Lipinski definition) is 4. The van der Waals surface area contributed by atoms with Crippen molar-refractivity contribution in [2.45, 2.75) is 6.61 Å². The number of anilines is 1. The molecule has 2 aromatic carbocycles. The largest absolute Gasteiger partial charge is 0.483 e. The molecular weight excluding hydrogens is 348 g/mol. The molecule has 0 aliphatic heterocycles. The molecule has 22 heavy (non-hydrogen) atoms. The lowest BCUT2D eigenvalue weighted by atomic mass is 10.2. The van der Waals surface area contributed by atoms with Crippen molar-refractivity contribution in [1.82, 2.24) is 0 Å². The maximum atomic E-state index is 11.8. The number of aliphatic hydroxyl groups excluding tert-OH is 1. The van der Waals surface area contributed by atoms with E-state index in [0.29, 0.717) is 22.6 Å². The van der Waals surface area contributed by atoms with Crippen molar-refractivity contribution in [2.75, 3.05) is 11.9 Å². The van der Waals surface area contributed by atoms with Crippen LogP contribution in [0.2, 0.25) is 0 Å². The fourth-order valence-electron chi connectivity index (χ4n) is 1.78. The zero-order valence-corrected chi connectivity index (χ0v) is 13.1. The van der Waals surface area contributed by atoms with Gasteiger partial charge in [0.25, 0.3) is 5.91 Å². The van der Waals surface area contributed by atoms with Gasteiger partial charge in [-0.2, -0.15) is 5.26 Å². The highest BCUT2D eigenvalue weighted by Crippen LogP contribution is 2.23. The lowest BCUT2D eigenvalue weighted by Gasteiger charge is -2.11. The number of carbonyl (C=O) groups excluding carboxylic acids is 1. The van der Waals surface area contributed by atoms with Gasteiger partial charge in [0.1, 0.15) is 5.75 Å². The number of carbonyl (C=O) groups is 1. The molecule has 6 heteroatoms. The molecule has 0 fully saturated rings. The molecule has 0 saturated heterocycles. The van der Waals surface area contributed by atoms with E-state index in [1.165, 1.54) is 0 Å². The molecule has 0 bridgehead atoms. The number of nitriles is 1. The maximum absolute atomic E-state index is 11.8. The molecular formula is C16H13BrN2O3. The SMILES string of the molecule is N#Cc1ccc(NC(=O)COc2ccc(Br)cc2CO)cc1. The molecule has 0 saturated carbocycles. The summed E-state index contributed by atoms with van der Waals surface area (Å²) in [5.41, 5.74) is 1.71.